The summed E-state index contributed by atoms with van der Waals surface area (Å²) >= 11 is 0. The molecule has 0 saturated carbocycles. The molecule has 0 bridgehead atoms. The molecule has 1 heterocycles. The Bertz CT molecular complexity index is 293. The van der Waals surface area contributed by atoms with E-state index in [9.17, 15) is 0 Å². The molecular weight excluding hydrogens is 194 g/mol. The average Bonchev–Trinajstić information content (AvgIpc) is 2.31. The highest BCUT2D eigenvalue weighted by molar-refractivity contribution is 5.25. The van der Waals surface area contributed by atoms with Gasteiger partial charge in [-0.3, -0.25) is 4.98 Å². The number of unbranched alkanes of at least 4 members (excludes halogenated alkanes) is 3. The Balaban J connectivity index is 2.51. The third kappa shape index (κ3) is 3.96. The highest BCUT2D eigenvalue weighted by Crippen LogP contribution is 2.27. The molecule has 90 valence electrons. The van der Waals surface area contributed by atoms with Crippen LogP contribution in [0, 0.1) is 6.92 Å². The Kier molecular flexibility index (Phi) is 6.14. The van der Waals surface area contributed by atoms with E-state index in [4.69, 9.17) is 0 Å². The minimum absolute atomic E-state index is 0.736. The number of pyridine rings is 1. The molecule has 16 heavy (non-hydrogen) atoms. The molecule has 0 aliphatic heterocycles. The lowest BCUT2D eigenvalue weighted by Gasteiger charge is -2.17. The summed E-state index contributed by atoms with van der Waals surface area (Å²) < 4.78 is 0. The van der Waals surface area contributed by atoms with Gasteiger partial charge < -0.3 is 0 Å². The molecule has 0 fully saturated rings. The Morgan fingerprint density at radius 3 is 2.62 bits per heavy atom. The zero-order valence-electron chi connectivity index (χ0n) is 11.0. The number of aryl methyl sites for hydroxylation is 1. The van der Waals surface area contributed by atoms with Crippen LogP contribution in [0.15, 0.2) is 18.5 Å². The fourth-order valence-electron chi connectivity index (χ4n) is 2.34. The number of rotatable bonds is 7. The van der Waals surface area contributed by atoms with Crippen LogP contribution in [0.5, 0.6) is 0 Å². The summed E-state index contributed by atoms with van der Waals surface area (Å²) in [6, 6.07) is 2.20. The fraction of sp³-hybridized carbons (Fsp3) is 0.667. The van der Waals surface area contributed by atoms with Gasteiger partial charge >= 0.3 is 0 Å². The lowest BCUT2D eigenvalue weighted by Crippen LogP contribution is -2.00. The molecule has 0 spiro atoms. The van der Waals surface area contributed by atoms with E-state index >= 15 is 0 Å². The van der Waals surface area contributed by atoms with Gasteiger partial charge in [0.2, 0.25) is 0 Å². The van der Waals surface area contributed by atoms with E-state index in [1.54, 1.807) is 0 Å². The van der Waals surface area contributed by atoms with Gasteiger partial charge in [-0.1, -0.05) is 39.5 Å². The molecule has 1 rings (SSSR count). The van der Waals surface area contributed by atoms with Crippen molar-refractivity contribution in [3.05, 3.63) is 29.6 Å². The van der Waals surface area contributed by atoms with Crippen molar-refractivity contribution in [3.8, 4) is 0 Å². The maximum absolute atomic E-state index is 4.17. The second-order valence-electron chi connectivity index (χ2n) is 4.69. The summed E-state index contributed by atoms with van der Waals surface area (Å²) in [7, 11) is 0. The number of nitrogens with zero attached hydrogens (tertiary/aromatic N) is 1. The van der Waals surface area contributed by atoms with Crippen LogP contribution in [-0.4, -0.2) is 4.98 Å². The van der Waals surface area contributed by atoms with Crippen molar-refractivity contribution < 1.29 is 0 Å². The molecule has 0 saturated heterocycles. The van der Waals surface area contributed by atoms with Gasteiger partial charge in [-0.05, 0) is 42.9 Å². The molecule has 0 N–H and O–H groups in total. The first kappa shape index (κ1) is 13.2. The van der Waals surface area contributed by atoms with Gasteiger partial charge in [0.15, 0.2) is 0 Å². The molecule has 0 radical (unpaired) electrons. The van der Waals surface area contributed by atoms with E-state index in [0.29, 0.717) is 0 Å². The molecule has 0 aromatic carbocycles. The Morgan fingerprint density at radius 2 is 2.00 bits per heavy atom. The van der Waals surface area contributed by atoms with Gasteiger partial charge in [0.05, 0.1) is 0 Å². The first-order valence-electron chi connectivity index (χ1n) is 6.70. The van der Waals surface area contributed by atoms with E-state index in [1.165, 1.54) is 49.7 Å². The van der Waals surface area contributed by atoms with E-state index in [-0.39, 0.29) is 0 Å². The van der Waals surface area contributed by atoms with Crippen molar-refractivity contribution >= 4 is 0 Å². The highest BCUT2D eigenvalue weighted by Gasteiger charge is 2.10. The van der Waals surface area contributed by atoms with Crippen molar-refractivity contribution in [1.29, 1.82) is 0 Å². The van der Waals surface area contributed by atoms with Crippen LogP contribution in [0.3, 0.4) is 0 Å². The van der Waals surface area contributed by atoms with Crippen molar-refractivity contribution in [2.75, 3.05) is 0 Å². The Morgan fingerprint density at radius 1 is 1.19 bits per heavy atom. The lowest BCUT2D eigenvalue weighted by molar-refractivity contribution is 0.540. The van der Waals surface area contributed by atoms with Gasteiger partial charge in [0, 0.05) is 12.4 Å². The zero-order valence-corrected chi connectivity index (χ0v) is 11.0. The maximum atomic E-state index is 4.17. The lowest BCUT2D eigenvalue weighted by atomic mass is 9.89. The predicted octanol–water partition coefficient (Wildman–Crippen LogP) is 4.85. The van der Waals surface area contributed by atoms with E-state index in [0.717, 1.165) is 5.92 Å². The van der Waals surface area contributed by atoms with Crippen LogP contribution in [-0.2, 0) is 0 Å². The minimum Gasteiger partial charge on any atom is -0.264 e. The Hall–Kier alpha value is -0.850. The maximum Gasteiger partial charge on any atom is 0.0299 e. The molecule has 1 heteroatoms. The average molecular weight is 219 g/mol. The van der Waals surface area contributed by atoms with Crippen molar-refractivity contribution in [3.63, 3.8) is 0 Å². The van der Waals surface area contributed by atoms with Gasteiger partial charge in [-0.25, -0.2) is 0 Å². The van der Waals surface area contributed by atoms with Crippen molar-refractivity contribution in [2.45, 2.75) is 65.2 Å². The Labute approximate surface area is 100 Å². The van der Waals surface area contributed by atoms with Crippen LogP contribution >= 0.6 is 0 Å². The predicted molar refractivity (Wildman–Crippen MR) is 70.8 cm³/mol. The first-order chi connectivity index (χ1) is 7.79. The third-order valence-corrected chi connectivity index (χ3v) is 3.40. The summed E-state index contributed by atoms with van der Waals surface area (Å²) in [5, 5.41) is 0. The van der Waals surface area contributed by atoms with E-state index < -0.39 is 0 Å². The van der Waals surface area contributed by atoms with Crippen LogP contribution in [0.2, 0.25) is 0 Å². The first-order valence-corrected chi connectivity index (χ1v) is 6.70. The van der Waals surface area contributed by atoms with E-state index in [1.807, 2.05) is 12.4 Å². The second kappa shape index (κ2) is 7.43. The smallest absolute Gasteiger partial charge is 0.0299 e. The SMILES string of the molecule is CCCCCCC(CC)c1ccncc1C. The molecule has 0 aliphatic carbocycles. The van der Waals surface area contributed by atoms with Crippen LogP contribution in [0.25, 0.3) is 0 Å². The van der Waals surface area contributed by atoms with Gasteiger partial charge in [-0.15, -0.1) is 0 Å². The molecular formula is C15H25N. The van der Waals surface area contributed by atoms with Crippen LogP contribution < -0.4 is 0 Å². The largest absolute Gasteiger partial charge is 0.264 e. The fourth-order valence-corrected chi connectivity index (χ4v) is 2.34. The molecule has 1 aromatic heterocycles. The molecule has 1 atom stereocenters. The summed E-state index contributed by atoms with van der Waals surface area (Å²) in [6.07, 6.45) is 12.0. The molecule has 0 amide bonds. The van der Waals surface area contributed by atoms with E-state index in [2.05, 4.69) is 31.8 Å². The number of hydrogen-bond acceptors (Lipinski definition) is 1. The summed E-state index contributed by atoms with van der Waals surface area (Å²) in [5.41, 5.74) is 2.86. The summed E-state index contributed by atoms with van der Waals surface area (Å²) in [4.78, 5) is 4.17. The zero-order chi connectivity index (χ0) is 11.8. The highest BCUT2D eigenvalue weighted by atomic mass is 14.6. The molecule has 1 unspecified atom stereocenters. The molecule has 0 aliphatic rings. The van der Waals surface area contributed by atoms with Gasteiger partial charge in [-0.2, -0.15) is 0 Å². The van der Waals surface area contributed by atoms with Crippen molar-refractivity contribution in [1.82, 2.24) is 4.98 Å². The minimum atomic E-state index is 0.736. The molecule has 1 aromatic rings. The monoisotopic (exact) mass is 219 g/mol. The standard InChI is InChI=1S/C15H25N/c1-4-6-7-8-9-14(5-2)15-10-11-16-12-13(15)3/h10-12,14H,4-9H2,1-3H3. The van der Waals surface area contributed by atoms with Gasteiger partial charge in [0.25, 0.3) is 0 Å². The normalized spacial score (nSPS) is 12.7. The quantitative estimate of drug-likeness (QED) is 0.597. The second-order valence-corrected chi connectivity index (χ2v) is 4.69. The topological polar surface area (TPSA) is 12.9 Å². The number of aromatic nitrogens is 1. The summed E-state index contributed by atoms with van der Waals surface area (Å²) in [6.45, 7) is 6.74. The number of hydrogen-bond donors (Lipinski definition) is 0. The summed E-state index contributed by atoms with van der Waals surface area (Å²) in [5.74, 6) is 0.736. The van der Waals surface area contributed by atoms with Crippen LogP contribution in [0.4, 0.5) is 0 Å². The van der Waals surface area contributed by atoms with Crippen molar-refractivity contribution in [2.24, 2.45) is 0 Å². The third-order valence-electron chi connectivity index (χ3n) is 3.40. The van der Waals surface area contributed by atoms with Gasteiger partial charge in [0.1, 0.15) is 0 Å². The molecule has 1 nitrogen and oxygen atoms in total. The van der Waals surface area contributed by atoms with Crippen LogP contribution in [0.1, 0.15) is 69.4 Å².